The minimum atomic E-state index is -0.430. The van der Waals surface area contributed by atoms with Crippen molar-refractivity contribution in [2.75, 3.05) is 6.61 Å². The topological polar surface area (TPSA) is 61.6 Å². The number of carbonyl (C=O) groups excluding carboxylic acids is 1. The van der Waals surface area contributed by atoms with E-state index in [4.69, 9.17) is 15.2 Å². The Morgan fingerprint density at radius 1 is 1.00 bits per heavy atom. The van der Waals surface area contributed by atoms with Gasteiger partial charge in [0.15, 0.2) is 11.5 Å². The third-order valence-electron chi connectivity index (χ3n) is 2.94. The summed E-state index contributed by atoms with van der Waals surface area (Å²) in [5.41, 5.74) is 6.66. The van der Waals surface area contributed by atoms with Gasteiger partial charge in [-0.25, -0.2) is 0 Å². The smallest absolute Gasteiger partial charge is 0.248 e. The monoisotopic (exact) mass is 285 g/mol. The summed E-state index contributed by atoms with van der Waals surface area (Å²) in [5, 5.41) is 0. The predicted octanol–water partition coefficient (Wildman–Crippen LogP) is 3.15. The number of nitrogens with two attached hydrogens (primary N) is 1. The average Bonchev–Trinajstić information content (AvgIpc) is 2.52. The molecule has 0 saturated carbocycles. The Balaban J connectivity index is 2.00. The Bertz CT molecular complexity index is 593. The van der Waals surface area contributed by atoms with Crippen LogP contribution in [0.4, 0.5) is 0 Å². The van der Waals surface area contributed by atoms with Gasteiger partial charge in [0.05, 0.1) is 6.61 Å². The maximum Gasteiger partial charge on any atom is 0.248 e. The molecule has 2 aromatic carbocycles. The number of hydrogen-bond acceptors (Lipinski definition) is 3. The van der Waals surface area contributed by atoms with E-state index in [2.05, 4.69) is 6.92 Å². The highest BCUT2D eigenvalue weighted by Gasteiger charge is 2.05. The predicted molar refractivity (Wildman–Crippen MR) is 81.5 cm³/mol. The van der Waals surface area contributed by atoms with Gasteiger partial charge in [-0.3, -0.25) is 4.79 Å². The van der Waals surface area contributed by atoms with Crippen LogP contribution in [0.5, 0.6) is 11.5 Å². The molecule has 110 valence electrons. The fourth-order valence-electron chi connectivity index (χ4n) is 1.83. The summed E-state index contributed by atoms with van der Waals surface area (Å²) in [4.78, 5) is 11.0. The molecule has 2 N–H and O–H groups in total. The number of primary amides is 1. The lowest BCUT2D eigenvalue weighted by molar-refractivity contribution is 0.1000. The van der Waals surface area contributed by atoms with E-state index in [1.807, 2.05) is 36.4 Å². The van der Waals surface area contributed by atoms with Gasteiger partial charge in [-0.2, -0.15) is 0 Å². The van der Waals surface area contributed by atoms with Crippen molar-refractivity contribution in [2.45, 2.75) is 20.0 Å². The molecule has 0 aliphatic carbocycles. The largest absolute Gasteiger partial charge is 0.490 e. The van der Waals surface area contributed by atoms with Crippen molar-refractivity contribution in [3.8, 4) is 11.5 Å². The highest BCUT2D eigenvalue weighted by Crippen LogP contribution is 2.27. The van der Waals surface area contributed by atoms with E-state index in [1.54, 1.807) is 12.1 Å². The first kappa shape index (κ1) is 14.9. The molecule has 2 rings (SSSR count). The zero-order valence-electron chi connectivity index (χ0n) is 12.0. The Morgan fingerprint density at radius 2 is 1.62 bits per heavy atom. The molecule has 0 bridgehead atoms. The summed E-state index contributed by atoms with van der Waals surface area (Å²) in [6.45, 7) is 3.13. The van der Waals surface area contributed by atoms with E-state index in [9.17, 15) is 4.79 Å². The zero-order chi connectivity index (χ0) is 15.1. The highest BCUT2D eigenvalue weighted by atomic mass is 16.5. The van der Waals surface area contributed by atoms with Gasteiger partial charge in [0.2, 0.25) is 5.91 Å². The van der Waals surface area contributed by atoms with Crippen molar-refractivity contribution >= 4 is 5.91 Å². The van der Waals surface area contributed by atoms with Crippen LogP contribution in [0.2, 0.25) is 0 Å². The molecule has 1 amide bonds. The van der Waals surface area contributed by atoms with Crippen LogP contribution in [-0.2, 0) is 6.61 Å². The second-order valence-electron chi connectivity index (χ2n) is 4.65. The molecule has 0 unspecified atom stereocenters. The third kappa shape index (κ3) is 4.24. The first-order chi connectivity index (χ1) is 10.2. The van der Waals surface area contributed by atoms with Gasteiger partial charge >= 0.3 is 0 Å². The summed E-state index contributed by atoms with van der Waals surface area (Å²) in [6, 6.07) is 14.6. The van der Waals surface area contributed by atoms with E-state index in [0.29, 0.717) is 24.5 Å². The van der Waals surface area contributed by atoms with Crippen molar-refractivity contribution in [1.82, 2.24) is 0 Å². The van der Waals surface area contributed by atoms with E-state index < -0.39 is 5.91 Å². The van der Waals surface area contributed by atoms with Crippen molar-refractivity contribution in [3.05, 3.63) is 59.7 Å². The first-order valence-electron chi connectivity index (χ1n) is 6.94. The van der Waals surface area contributed by atoms with Crippen LogP contribution in [0, 0.1) is 0 Å². The molecule has 4 nitrogen and oxygen atoms in total. The highest BCUT2D eigenvalue weighted by molar-refractivity contribution is 5.92. The molecule has 0 aromatic heterocycles. The second kappa shape index (κ2) is 7.33. The van der Waals surface area contributed by atoms with Crippen LogP contribution in [-0.4, -0.2) is 12.5 Å². The van der Waals surface area contributed by atoms with Crippen LogP contribution < -0.4 is 15.2 Å². The number of ether oxygens (including phenoxy) is 2. The van der Waals surface area contributed by atoms with Crippen molar-refractivity contribution in [3.63, 3.8) is 0 Å². The second-order valence-corrected chi connectivity index (χ2v) is 4.65. The van der Waals surface area contributed by atoms with Crippen LogP contribution in [0.25, 0.3) is 0 Å². The quantitative estimate of drug-likeness (QED) is 0.850. The number of amides is 1. The van der Waals surface area contributed by atoms with E-state index in [1.165, 1.54) is 0 Å². The molecule has 0 saturated heterocycles. The molecule has 0 fully saturated rings. The molecule has 2 aromatic rings. The minimum Gasteiger partial charge on any atom is -0.490 e. The van der Waals surface area contributed by atoms with Crippen molar-refractivity contribution in [2.24, 2.45) is 5.73 Å². The van der Waals surface area contributed by atoms with Crippen LogP contribution in [0.3, 0.4) is 0 Å². The van der Waals surface area contributed by atoms with Gasteiger partial charge in [-0.1, -0.05) is 31.2 Å². The molecule has 0 atom stereocenters. The number of para-hydroxylation sites is 2. The van der Waals surface area contributed by atoms with Crippen LogP contribution >= 0.6 is 0 Å². The summed E-state index contributed by atoms with van der Waals surface area (Å²) in [6.07, 6.45) is 0.947. The molecular formula is C17H19NO3. The van der Waals surface area contributed by atoms with E-state index in [0.717, 1.165) is 17.7 Å². The first-order valence-corrected chi connectivity index (χ1v) is 6.94. The molecule has 0 heterocycles. The molecule has 0 radical (unpaired) electrons. The van der Waals surface area contributed by atoms with Crippen LogP contribution in [0.1, 0.15) is 29.3 Å². The van der Waals surface area contributed by atoms with Gasteiger partial charge in [-0.05, 0) is 36.2 Å². The molecule has 0 aliphatic rings. The fourth-order valence-corrected chi connectivity index (χ4v) is 1.83. The molecule has 4 heteroatoms. The lowest BCUT2D eigenvalue weighted by atomic mass is 10.1. The maximum absolute atomic E-state index is 11.0. The number of hydrogen-bond donors (Lipinski definition) is 1. The fraction of sp³-hybridized carbons (Fsp3) is 0.235. The lowest BCUT2D eigenvalue weighted by Gasteiger charge is -2.12. The molecular weight excluding hydrogens is 266 g/mol. The Labute approximate surface area is 124 Å². The maximum atomic E-state index is 11.0. The Kier molecular flexibility index (Phi) is 5.21. The van der Waals surface area contributed by atoms with Gasteiger partial charge in [0.1, 0.15) is 6.61 Å². The van der Waals surface area contributed by atoms with Gasteiger partial charge in [-0.15, -0.1) is 0 Å². The zero-order valence-corrected chi connectivity index (χ0v) is 12.0. The standard InChI is InChI=1S/C17H19NO3/c1-2-11-20-15-5-3-4-6-16(15)21-12-13-7-9-14(10-8-13)17(18)19/h3-10H,2,11-12H2,1H3,(H2,18,19). The minimum absolute atomic E-state index is 0.408. The summed E-state index contributed by atoms with van der Waals surface area (Å²) < 4.78 is 11.4. The van der Waals surface area contributed by atoms with Gasteiger partial charge in [0, 0.05) is 5.56 Å². The molecule has 0 aliphatic heterocycles. The number of benzene rings is 2. The van der Waals surface area contributed by atoms with Crippen LogP contribution in [0.15, 0.2) is 48.5 Å². The van der Waals surface area contributed by atoms with Crippen molar-refractivity contribution in [1.29, 1.82) is 0 Å². The van der Waals surface area contributed by atoms with E-state index in [-0.39, 0.29) is 0 Å². The average molecular weight is 285 g/mol. The number of carbonyl (C=O) groups is 1. The SMILES string of the molecule is CCCOc1ccccc1OCc1ccc(C(N)=O)cc1. The summed E-state index contributed by atoms with van der Waals surface area (Å²) in [7, 11) is 0. The molecule has 21 heavy (non-hydrogen) atoms. The van der Waals surface area contributed by atoms with Gasteiger partial charge in [0.25, 0.3) is 0 Å². The third-order valence-corrected chi connectivity index (χ3v) is 2.94. The lowest BCUT2D eigenvalue weighted by Crippen LogP contribution is -2.10. The normalized spacial score (nSPS) is 10.1. The number of rotatable bonds is 7. The Hall–Kier alpha value is -2.49. The summed E-state index contributed by atoms with van der Waals surface area (Å²) in [5.74, 6) is 1.03. The molecule has 0 spiro atoms. The van der Waals surface area contributed by atoms with Gasteiger partial charge < -0.3 is 15.2 Å². The Morgan fingerprint density at radius 3 is 2.19 bits per heavy atom. The summed E-state index contributed by atoms with van der Waals surface area (Å²) >= 11 is 0. The van der Waals surface area contributed by atoms with E-state index >= 15 is 0 Å². The van der Waals surface area contributed by atoms with Crippen molar-refractivity contribution < 1.29 is 14.3 Å².